The van der Waals surface area contributed by atoms with Gasteiger partial charge in [0.2, 0.25) is 0 Å². The third kappa shape index (κ3) is 3.04. The molecule has 0 bridgehead atoms. The van der Waals surface area contributed by atoms with Gasteiger partial charge in [-0.05, 0) is 24.5 Å². The van der Waals surface area contributed by atoms with Crippen LogP contribution in [0.5, 0.6) is 5.75 Å². The Morgan fingerprint density at radius 3 is 2.69 bits per heavy atom. The fourth-order valence-corrected chi connectivity index (χ4v) is 1.66. The zero-order valence-corrected chi connectivity index (χ0v) is 8.33. The van der Waals surface area contributed by atoms with Crippen molar-refractivity contribution in [2.45, 2.75) is 11.5 Å². The minimum atomic E-state index is -2.80. The molecule has 0 heterocycles. The van der Waals surface area contributed by atoms with Gasteiger partial charge in [-0.1, -0.05) is 11.6 Å². The molecule has 0 aliphatic carbocycles. The first-order valence-corrected chi connectivity index (χ1v) is 5.02. The molecule has 1 rings (SSSR count). The van der Waals surface area contributed by atoms with Crippen LogP contribution in [0.4, 0.5) is 8.78 Å². The van der Waals surface area contributed by atoms with Crippen molar-refractivity contribution in [2.75, 3.05) is 6.26 Å². The highest BCUT2D eigenvalue weighted by atomic mass is 35.5. The Balaban J connectivity index is 2.86. The second-order valence-corrected chi connectivity index (χ2v) is 3.43. The molecule has 0 fully saturated rings. The summed E-state index contributed by atoms with van der Waals surface area (Å²) in [5.74, 6) is 0.128. The lowest BCUT2D eigenvalue weighted by Crippen LogP contribution is -2.01. The van der Waals surface area contributed by atoms with E-state index in [0.29, 0.717) is 5.02 Å². The van der Waals surface area contributed by atoms with E-state index in [-0.39, 0.29) is 5.75 Å². The van der Waals surface area contributed by atoms with E-state index in [1.165, 1.54) is 30.0 Å². The van der Waals surface area contributed by atoms with Gasteiger partial charge in [-0.15, -0.1) is 11.8 Å². The smallest absolute Gasteiger partial charge is 0.387 e. The number of rotatable bonds is 3. The molecule has 0 aromatic heterocycles. The van der Waals surface area contributed by atoms with Crippen LogP contribution >= 0.6 is 23.4 Å². The van der Waals surface area contributed by atoms with Crippen LogP contribution in [0, 0.1) is 0 Å². The molecule has 1 aromatic carbocycles. The molecule has 0 aliphatic rings. The third-order valence-corrected chi connectivity index (χ3v) is 2.57. The lowest BCUT2D eigenvalue weighted by atomic mass is 10.3. The molecule has 72 valence electrons. The number of thioether (sulfide) groups is 1. The van der Waals surface area contributed by atoms with Crippen LogP contribution in [0.25, 0.3) is 0 Å². The summed E-state index contributed by atoms with van der Waals surface area (Å²) in [7, 11) is 0. The summed E-state index contributed by atoms with van der Waals surface area (Å²) in [5.41, 5.74) is 0. The molecule has 0 radical (unpaired) electrons. The van der Waals surface area contributed by atoms with Crippen LogP contribution in [0.1, 0.15) is 0 Å². The van der Waals surface area contributed by atoms with Crippen LogP contribution in [0.2, 0.25) is 5.02 Å². The van der Waals surface area contributed by atoms with E-state index < -0.39 is 6.61 Å². The van der Waals surface area contributed by atoms with Gasteiger partial charge in [0, 0.05) is 4.90 Å². The van der Waals surface area contributed by atoms with E-state index in [9.17, 15) is 8.78 Å². The van der Waals surface area contributed by atoms with Gasteiger partial charge >= 0.3 is 6.61 Å². The summed E-state index contributed by atoms with van der Waals surface area (Å²) in [6.45, 7) is -2.80. The normalized spacial score (nSPS) is 10.5. The molecule has 5 heteroatoms. The van der Waals surface area contributed by atoms with Crippen molar-refractivity contribution < 1.29 is 13.5 Å². The second-order valence-electron chi connectivity index (χ2n) is 2.17. The molecule has 13 heavy (non-hydrogen) atoms. The summed E-state index contributed by atoms with van der Waals surface area (Å²) >= 11 is 7.15. The van der Waals surface area contributed by atoms with Crippen LogP contribution in [0.15, 0.2) is 23.1 Å². The minimum Gasteiger partial charge on any atom is -0.435 e. The highest BCUT2D eigenvalue weighted by Gasteiger charge is 2.06. The van der Waals surface area contributed by atoms with E-state index in [0.717, 1.165) is 4.90 Å². The first-order valence-electron chi connectivity index (χ1n) is 3.42. The molecule has 0 unspecified atom stereocenters. The lowest BCUT2D eigenvalue weighted by molar-refractivity contribution is -0.0499. The zero-order chi connectivity index (χ0) is 9.84. The average molecular weight is 225 g/mol. The maximum atomic E-state index is 11.8. The number of hydrogen-bond donors (Lipinski definition) is 0. The molecule has 0 aliphatic heterocycles. The zero-order valence-electron chi connectivity index (χ0n) is 6.76. The molecular formula is C8H7ClF2OS. The standard InChI is InChI=1S/C8H7ClF2OS/c1-13-7-4-5(12-8(10)11)2-3-6(7)9/h2-4,8H,1H3. The predicted octanol–water partition coefficient (Wildman–Crippen LogP) is 3.66. The predicted molar refractivity (Wildman–Crippen MR) is 49.9 cm³/mol. The van der Waals surface area contributed by atoms with Gasteiger partial charge in [0.15, 0.2) is 0 Å². The van der Waals surface area contributed by atoms with Crippen LogP contribution in [-0.2, 0) is 0 Å². The molecular weight excluding hydrogens is 218 g/mol. The summed E-state index contributed by atoms with van der Waals surface area (Å²) < 4.78 is 27.8. The van der Waals surface area contributed by atoms with E-state index >= 15 is 0 Å². The fraction of sp³-hybridized carbons (Fsp3) is 0.250. The van der Waals surface area contributed by atoms with Gasteiger partial charge in [0.25, 0.3) is 0 Å². The Hall–Kier alpha value is -0.480. The lowest BCUT2D eigenvalue weighted by Gasteiger charge is -2.06. The molecule has 0 amide bonds. The number of ether oxygens (including phenoxy) is 1. The van der Waals surface area contributed by atoms with Crippen LogP contribution in [0.3, 0.4) is 0 Å². The van der Waals surface area contributed by atoms with Crippen molar-refractivity contribution in [1.29, 1.82) is 0 Å². The Labute approximate surface area is 84.0 Å². The minimum absolute atomic E-state index is 0.128. The molecule has 0 atom stereocenters. The van der Waals surface area contributed by atoms with Crippen molar-refractivity contribution in [3.63, 3.8) is 0 Å². The fourth-order valence-electron chi connectivity index (χ4n) is 0.816. The van der Waals surface area contributed by atoms with Crippen molar-refractivity contribution >= 4 is 23.4 Å². The van der Waals surface area contributed by atoms with Gasteiger partial charge < -0.3 is 4.74 Å². The molecule has 0 spiro atoms. The third-order valence-electron chi connectivity index (χ3n) is 1.35. The topological polar surface area (TPSA) is 9.23 Å². The van der Waals surface area contributed by atoms with Gasteiger partial charge in [-0.3, -0.25) is 0 Å². The van der Waals surface area contributed by atoms with Crippen molar-refractivity contribution in [3.05, 3.63) is 23.2 Å². The maximum absolute atomic E-state index is 11.8. The first-order chi connectivity index (χ1) is 6.13. The average Bonchev–Trinajstić information content (AvgIpc) is 2.07. The Kier molecular flexibility index (Phi) is 3.81. The molecule has 0 saturated carbocycles. The SMILES string of the molecule is CSc1cc(OC(F)F)ccc1Cl. The quantitative estimate of drug-likeness (QED) is 0.725. The number of hydrogen-bond acceptors (Lipinski definition) is 2. The summed E-state index contributed by atoms with van der Waals surface area (Å²) in [4.78, 5) is 0.722. The number of alkyl halides is 2. The molecule has 0 saturated heterocycles. The van der Waals surface area contributed by atoms with Crippen molar-refractivity contribution in [1.82, 2.24) is 0 Å². The number of halogens is 3. The number of benzene rings is 1. The van der Waals surface area contributed by atoms with Gasteiger partial charge in [-0.2, -0.15) is 8.78 Å². The summed E-state index contributed by atoms with van der Waals surface area (Å²) in [6.07, 6.45) is 1.81. The van der Waals surface area contributed by atoms with Gasteiger partial charge in [-0.25, -0.2) is 0 Å². The van der Waals surface area contributed by atoms with E-state index in [1.807, 2.05) is 6.26 Å². The van der Waals surface area contributed by atoms with E-state index in [2.05, 4.69) is 4.74 Å². The summed E-state index contributed by atoms with van der Waals surface area (Å²) in [5, 5.41) is 0.536. The van der Waals surface area contributed by atoms with Crippen LogP contribution < -0.4 is 4.74 Å². The van der Waals surface area contributed by atoms with Crippen molar-refractivity contribution in [3.8, 4) is 5.75 Å². The molecule has 1 nitrogen and oxygen atoms in total. The Morgan fingerprint density at radius 1 is 1.46 bits per heavy atom. The monoisotopic (exact) mass is 224 g/mol. The van der Waals surface area contributed by atoms with Crippen molar-refractivity contribution in [2.24, 2.45) is 0 Å². The van der Waals surface area contributed by atoms with E-state index in [4.69, 9.17) is 11.6 Å². The first kappa shape index (κ1) is 10.6. The molecule has 0 N–H and O–H groups in total. The summed E-state index contributed by atoms with van der Waals surface area (Å²) in [6, 6.07) is 4.43. The largest absolute Gasteiger partial charge is 0.435 e. The Morgan fingerprint density at radius 2 is 2.15 bits per heavy atom. The van der Waals surface area contributed by atoms with E-state index in [1.54, 1.807) is 0 Å². The highest BCUT2D eigenvalue weighted by molar-refractivity contribution is 7.98. The Bertz CT molecular complexity index is 293. The van der Waals surface area contributed by atoms with Gasteiger partial charge in [0.05, 0.1) is 5.02 Å². The second kappa shape index (κ2) is 4.67. The maximum Gasteiger partial charge on any atom is 0.387 e. The molecule has 1 aromatic rings. The highest BCUT2D eigenvalue weighted by Crippen LogP contribution is 2.29. The van der Waals surface area contributed by atoms with Crippen LogP contribution in [-0.4, -0.2) is 12.9 Å². The van der Waals surface area contributed by atoms with Gasteiger partial charge in [0.1, 0.15) is 5.75 Å².